The molecule has 34 heavy (non-hydrogen) atoms. The highest BCUT2D eigenvalue weighted by Crippen LogP contribution is 2.42. The molecule has 2 aromatic heterocycles. The number of aromatic nitrogens is 1. The van der Waals surface area contributed by atoms with Crippen LogP contribution in [0.15, 0.2) is 84.9 Å². The first-order valence-corrected chi connectivity index (χ1v) is 12.0. The van der Waals surface area contributed by atoms with Crippen LogP contribution in [0.25, 0.3) is 32.6 Å². The van der Waals surface area contributed by atoms with Gasteiger partial charge in [-0.1, -0.05) is 54.1 Å². The first-order valence-electron chi connectivity index (χ1n) is 10.8. The van der Waals surface area contributed by atoms with Gasteiger partial charge in [0.15, 0.2) is 0 Å². The largest absolute Gasteiger partial charge is 0.397 e. The first kappa shape index (κ1) is 22.1. The number of nitrogens with zero attached hydrogens (tertiary/aromatic N) is 2. The highest BCUT2D eigenvalue weighted by atomic mass is 35.5. The predicted octanol–water partition coefficient (Wildman–Crippen LogP) is 7.16. The van der Waals surface area contributed by atoms with Crippen LogP contribution in [-0.4, -0.2) is 24.9 Å². The number of anilines is 2. The van der Waals surface area contributed by atoms with E-state index in [1.54, 1.807) is 24.3 Å². The first-order chi connectivity index (χ1) is 16.4. The van der Waals surface area contributed by atoms with Crippen molar-refractivity contribution in [2.24, 2.45) is 0 Å². The van der Waals surface area contributed by atoms with Crippen LogP contribution in [0.4, 0.5) is 11.4 Å². The maximum Gasteiger partial charge on any atom is 0.205 e. The van der Waals surface area contributed by atoms with Gasteiger partial charge < -0.3 is 10.6 Å². The van der Waals surface area contributed by atoms with Crippen molar-refractivity contribution in [3.8, 4) is 22.4 Å². The van der Waals surface area contributed by atoms with Crippen LogP contribution in [-0.2, 0) is 0 Å². The minimum absolute atomic E-state index is 0.132. The Bertz CT molecular complexity index is 1490. The number of thiophene rings is 1. The third-order valence-electron chi connectivity index (χ3n) is 5.78. The summed E-state index contributed by atoms with van der Waals surface area (Å²) in [4.78, 5) is 21.5. The molecule has 0 bridgehead atoms. The fraction of sp³-hybridized carbons (Fsp3) is 0.0714. The summed E-state index contributed by atoms with van der Waals surface area (Å²) in [6.07, 6.45) is 0. The number of fused-ring (bicyclic) bond motifs is 1. The number of nitrogen functional groups attached to an aromatic ring is 1. The predicted molar refractivity (Wildman–Crippen MR) is 144 cm³/mol. The Hall–Kier alpha value is -3.67. The van der Waals surface area contributed by atoms with Crippen molar-refractivity contribution in [2.75, 3.05) is 24.7 Å². The maximum atomic E-state index is 13.3. The van der Waals surface area contributed by atoms with Crippen LogP contribution < -0.4 is 10.6 Å². The topological polar surface area (TPSA) is 59.2 Å². The highest BCUT2D eigenvalue weighted by molar-refractivity contribution is 7.21. The Morgan fingerprint density at radius 2 is 1.59 bits per heavy atom. The molecule has 0 fully saturated rings. The summed E-state index contributed by atoms with van der Waals surface area (Å²) in [6.45, 7) is 0. The van der Waals surface area contributed by atoms with Gasteiger partial charge in [-0.2, -0.15) is 0 Å². The molecule has 0 aliphatic carbocycles. The van der Waals surface area contributed by atoms with Crippen LogP contribution >= 0.6 is 22.9 Å². The third-order valence-corrected chi connectivity index (χ3v) is 7.13. The summed E-state index contributed by atoms with van der Waals surface area (Å²) >= 11 is 7.34. The lowest BCUT2D eigenvalue weighted by Crippen LogP contribution is -2.07. The van der Waals surface area contributed by atoms with Crippen molar-refractivity contribution in [3.05, 3.63) is 100 Å². The number of carbonyl (C=O) groups is 1. The second kappa shape index (κ2) is 8.93. The summed E-state index contributed by atoms with van der Waals surface area (Å²) in [5.74, 6) is -0.132. The highest BCUT2D eigenvalue weighted by Gasteiger charge is 2.22. The lowest BCUT2D eigenvalue weighted by molar-refractivity contribution is 0.104. The number of hydrogen-bond acceptors (Lipinski definition) is 5. The van der Waals surface area contributed by atoms with Crippen molar-refractivity contribution in [1.29, 1.82) is 0 Å². The molecule has 3 aromatic carbocycles. The number of rotatable bonds is 5. The molecule has 0 saturated carbocycles. The Morgan fingerprint density at radius 3 is 2.24 bits per heavy atom. The third kappa shape index (κ3) is 4.04. The van der Waals surface area contributed by atoms with Gasteiger partial charge in [0, 0.05) is 41.3 Å². The molecule has 0 amide bonds. The van der Waals surface area contributed by atoms with E-state index in [-0.39, 0.29) is 5.78 Å². The molecule has 0 aliphatic heterocycles. The summed E-state index contributed by atoms with van der Waals surface area (Å²) in [7, 11) is 4.03. The summed E-state index contributed by atoms with van der Waals surface area (Å²) < 4.78 is 0. The average molecular weight is 484 g/mol. The van der Waals surface area contributed by atoms with E-state index < -0.39 is 0 Å². The fourth-order valence-electron chi connectivity index (χ4n) is 3.95. The minimum Gasteiger partial charge on any atom is -0.397 e. The number of pyridine rings is 1. The van der Waals surface area contributed by atoms with E-state index in [4.69, 9.17) is 22.3 Å². The zero-order valence-electron chi connectivity index (χ0n) is 18.7. The molecule has 0 spiro atoms. The normalized spacial score (nSPS) is 11.0. The molecule has 2 N–H and O–H groups in total. The molecule has 6 heteroatoms. The Balaban J connectivity index is 1.72. The van der Waals surface area contributed by atoms with Crippen molar-refractivity contribution in [1.82, 2.24) is 4.98 Å². The van der Waals surface area contributed by atoms with Gasteiger partial charge >= 0.3 is 0 Å². The molecule has 5 aromatic rings. The van der Waals surface area contributed by atoms with Gasteiger partial charge in [0.25, 0.3) is 0 Å². The van der Waals surface area contributed by atoms with Gasteiger partial charge in [-0.25, -0.2) is 4.98 Å². The van der Waals surface area contributed by atoms with E-state index in [1.807, 2.05) is 44.4 Å². The van der Waals surface area contributed by atoms with E-state index in [0.717, 1.165) is 38.3 Å². The quantitative estimate of drug-likeness (QED) is 0.269. The van der Waals surface area contributed by atoms with Gasteiger partial charge in [0.2, 0.25) is 5.78 Å². The van der Waals surface area contributed by atoms with Crippen LogP contribution in [0.5, 0.6) is 0 Å². The maximum absolute atomic E-state index is 13.3. The zero-order valence-corrected chi connectivity index (χ0v) is 20.3. The number of ketones is 1. The molecule has 4 nitrogen and oxygen atoms in total. The lowest BCUT2D eigenvalue weighted by atomic mass is 9.98. The summed E-state index contributed by atoms with van der Waals surface area (Å²) in [6, 6.07) is 27.3. The monoisotopic (exact) mass is 483 g/mol. The Morgan fingerprint density at radius 1 is 0.912 bits per heavy atom. The van der Waals surface area contributed by atoms with Crippen LogP contribution in [0.1, 0.15) is 15.2 Å². The van der Waals surface area contributed by atoms with E-state index in [1.165, 1.54) is 11.3 Å². The number of carbonyl (C=O) groups excluding carboxylic acids is 1. The number of benzene rings is 3. The minimum atomic E-state index is -0.132. The van der Waals surface area contributed by atoms with Gasteiger partial charge in [-0.3, -0.25) is 4.79 Å². The smallest absolute Gasteiger partial charge is 0.205 e. The van der Waals surface area contributed by atoms with E-state index in [0.29, 0.717) is 21.2 Å². The molecule has 0 saturated heterocycles. The Kier molecular flexibility index (Phi) is 5.82. The number of nitrogens with two attached hydrogens (primary N) is 1. The van der Waals surface area contributed by atoms with Crippen molar-refractivity contribution >= 4 is 50.3 Å². The second-order valence-corrected chi connectivity index (χ2v) is 9.66. The number of halogens is 1. The van der Waals surface area contributed by atoms with Crippen LogP contribution in [0.3, 0.4) is 0 Å². The van der Waals surface area contributed by atoms with Gasteiger partial charge in [-0.15, -0.1) is 11.3 Å². The van der Waals surface area contributed by atoms with E-state index >= 15 is 0 Å². The SMILES string of the molecule is CN(C)c1ccc(-c2cc(-c3ccccc3)nc3sc(C(=O)c4ccc(Cl)cc4)c(N)c23)cc1. The van der Waals surface area contributed by atoms with Crippen molar-refractivity contribution in [3.63, 3.8) is 0 Å². The van der Waals surface area contributed by atoms with Gasteiger partial charge in [-0.05, 0) is 53.6 Å². The summed E-state index contributed by atoms with van der Waals surface area (Å²) in [5, 5.41) is 1.39. The average Bonchev–Trinajstić information content (AvgIpc) is 3.20. The van der Waals surface area contributed by atoms with E-state index in [2.05, 4.69) is 35.2 Å². The molecular formula is C28H22ClN3OS. The van der Waals surface area contributed by atoms with Crippen LogP contribution in [0, 0.1) is 0 Å². The zero-order chi connectivity index (χ0) is 23.8. The molecule has 168 valence electrons. The van der Waals surface area contributed by atoms with Crippen molar-refractivity contribution in [2.45, 2.75) is 0 Å². The molecule has 2 heterocycles. The molecular weight excluding hydrogens is 462 g/mol. The molecule has 5 rings (SSSR count). The summed E-state index contributed by atoms with van der Waals surface area (Å²) in [5.41, 5.74) is 12.6. The van der Waals surface area contributed by atoms with E-state index in [9.17, 15) is 4.79 Å². The Labute approximate surface area is 207 Å². The molecule has 0 atom stereocenters. The second-order valence-electron chi connectivity index (χ2n) is 8.22. The molecule has 0 aliphatic rings. The lowest BCUT2D eigenvalue weighted by Gasteiger charge is -2.14. The fourth-order valence-corrected chi connectivity index (χ4v) is 5.15. The molecule has 0 radical (unpaired) electrons. The number of hydrogen-bond donors (Lipinski definition) is 1. The van der Waals surface area contributed by atoms with Crippen LogP contribution in [0.2, 0.25) is 5.02 Å². The standard InChI is InChI=1S/C28H22ClN3OS/c1-32(2)21-14-10-17(11-15-21)22-16-23(18-6-4-3-5-7-18)31-28-24(22)25(30)27(34-28)26(33)19-8-12-20(29)13-9-19/h3-16H,30H2,1-2H3. The van der Waals surface area contributed by atoms with Gasteiger partial charge in [0.05, 0.1) is 11.4 Å². The van der Waals surface area contributed by atoms with Crippen molar-refractivity contribution < 1.29 is 4.79 Å². The molecule has 0 unspecified atom stereocenters. The van der Waals surface area contributed by atoms with Gasteiger partial charge in [0.1, 0.15) is 9.71 Å².